The standard InChI is InChI=1S/C20H28O3Si/c1-7-21-20(23-24(5,6)19(2,3)4)14-16-13-12-15-10-8-9-11-17(15)18(16)22-20/h8-13H,7,14H2,1-6H3. The Morgan fingerprint density at radius 3 is 2.50 bits per heavy atom. The third kappa shape index (κ3) is 2.98. The predicted octanol–water partition coefficient (Wildman–Crippen LogP) is 5.49. The zero-order valence-electron chi connectivity index (χ0n) is 15.6. The molecule has 0 N–H and O–H groups in total. The van der Waals surface area contributed by atoms with Crippen molar-refractivity contribution in [3.63, 3.8) is 0 Å². The Bertz CT molecular complexity index is 748. The fraction of sp³-hybridized carbons (Fsp3) is 0.500. The quantitative estimate of drug-likeness (QED) is 0.542. The van der Waals surface area contributed by atoms with Gasteiger partial charge in [0, 0.05) is 10.9 Å². The second kappa shape index (κ2) is 5.87. The van der Waals surface area contributed by atoms with Crippen molar-refractivity contribution in [3.05, 3.63) is 42.0 Å². The Kier molecular flexibility index (Phi) is 4.27. The molecule has 3 nitrogen and oxygen atoms in total. The molecule has 1 unspecified atom stereocenters. The molecule has 2 aromatic rings. The summed E-state index contributed by atoms with van der Waals surface area (Å²) in [5.74, 6) is -0.0928. The van der Waals surface area contributed by atoms with Crippen LogP contribution in [-0.2, 0) is 15.6 Å². The second-order valence-corrected chi connectivity index (χ2v) is 12.8. The van der Waals surface area contributed by atoms with E-state index in [2.05, 4.69) is 58.1 Å². The first-order valence-corrected chi connectivity index (χ1v) is 11.6. The molecule has 2 aromatic carbocycles. The second-order valence-electron chi connectivity index (χ2n) is 8.03. The fourth-order valence-corrected chi connectivity index (χ4v) is 4.16. The third-order valence-electron chi connectivity index (χ3n) is 5.21. The van der Waals surface area contributed by atoms with E-state index in [0.29, 0.717) is 13.0 Å². The highest BCUT2D eigenvalue weighted by Crippen LogP contribution is 2.46. The zero-order valence-corrected chi connectivity index (χ0v) is 16.6. The predicted molar refractivity (Wildman–Crippen MR) is 101 cm³/mol. The van der Waals surface area contributed by atoms with Crippen molar-refractivity contribution < 1.29 is 13.9 Å². The van der Waals surface area contributed by atoms with Crippen molar-refractivity contribution in [2.24, 2.45) is 0 Å². The largest absolute Gasteiger partial charge is 0.438 e. The average molecular weight is 345 g/mol. The van der Waals surface area contributed by atoms with Gasteiger partial charge in [-0.05, 0) is 30.4 Å². The summed E-state index contributed by atoms with van der Waals surface area (Å²) in [6, 6.07) is 12.6. The Labute approximate surface area is 146 Å². The molecular weight excluding hydrogens is 316 g/mol. The molecule has 3 rings (SSSR count). The van der Waals surface area contributed by atoms with Gasteiger partial charge < -0.3 is 13.9 Å². The number of rotatable bonds is 4. The molecule has 0 aromatic heterocycles. The molecule has 1 aliphatic rings. The van der Waals surface area contributed by atoms with Crippen LogP contribution >= 0.6 is 0 Å². The van der Waals surface area contributed by atoms with E-state index in [1.54, 1.807) is 0 Å². The lowest BCUT2D eigenvalue weighted by Crippen LogP contribution is -2.53. The lowest BCUT2D eigenvalue weighted by molar-refractivity contribution is -0.294. The molecule has 0 radical (unpaired) electrons. The van der Waals surface area contributed by atoms with E-state index >= 15 is 0 Å². The van der Waals surface area contributed by atoms with Gasteiger partial charge in [-0.1, -0.05) is 57.2 Å². The van der Waals surface area contributed by atoms with Gasteiger partial charge >= 0.3 is 5.97 Å². The van der Waals surface area contributed by atoms with E-state index in [1.807, 2.05) is 19.1 Å². The van der Waals surface area contributed by atoms with Crippen molar-refractivity contribution in [3.8, 4) is 5.75 Å². The summed E-state index contributed by atoms with van der Waals surface area (Å²) in [6.45, 7) is 13.7. The topological polar surface area (TPSA) is 27.7 Å². The first kappa shape index (κ1) is 17.5. The molecule has 0 aliphatic carbocycles. The molecule has 0 amide bonds. The summed E-state index contributed by atoms with van der Waals surface area (Å²) in [6.07, 6.45) is 0.632. The molecular formula is C20H28O3Si. The van der Waals surface area contributed by atoms with Crippen LogP contribution < -0.4 is 4.74 Å². The molecule has 0 saturated heterocycles. The number of ether oxygens (including phenoxy) is 2. The van der Waals surface area contributed by atoms with Crippen LogP contribution in [0.15, 0.2) is 36.4 Å². The van der Waals surface area contributed by atoms with Crippen molar-refractivity contribution in [2.45, 2.75) is 58.2 Å². The third-order valence-corrected chi connectivity index (χ3v) is 9.64. The van der Waals surface area contributed by atoms with E-state index in [-0.39, 0.29) is 5.04 Å². The van der Waals surface area contributed by atoms with Crippen LogP contribution in [0.2, 0.25) is 18.1 Å². The van der Waals surface area contributed by atoms with E-state index < -0.39 is 14.3 Å². The molecule has 4 heteroatoms. The summed E-state index contributed by atoms with van der Waals surface area (Å²) in [5, 5.41) is 2.39. The van der Waals surface area contributed by atoms with Gasteiger partial charge in [-0.25, -0.2) is 0 Å². The van der Waals surface area contributed by atoms with E-state index in [4.69, 9.17) is 13.9 Å². The minimum atomic E-state index is -2.04. The van der Waals surface area contributed by atoms with Crippen LogP contribution in [0, 0.1) is 0 Å². The minimum absolute atomic E-state index is 0.0945. The number of hydrogen-bond acceptors (Lipinski definition) is 3. The summed E-state index contributed by atoms with van der Waals surface area (Å²) in [7, 11) is -2.04. The van der Waals surface area contributed by atoms with Crippen molar-refractivity contribution >= 4 is 19.1 Å². The minimum Gasteiger partial charge on any atom is -0.438 e. The molecule has 24 heavy (non-hydrogen) atoms. The molecule has 0 fully saturated rings. The lowest BCUT2D eigenvalue weighted by Gasteiger charge is -2.42. The van der Waals surface area contributed by atoms with E-state index in [0.717, 1.165) is 16.7 Å². The Morgan fingerprint density at radius 1 is 1.12 bits per heavy atom. The molecule has 1 atom stereocenters. The Morgan fingerprint density at radius 2 is 1.83 bits per heavy atom. The number of benzene rings is 2. The SMILES string of the molecule is CCOC1(O[Si](C)(C)C(C)(C)C)Cc2ccc3ccccc3c2O1. The highest BCUT2D eigenvalue weighted by Gasteiger charge is 2.50. The maximum absolute atomic E-state index is 6.62. The monoisotopic (exact) mass is 344 g/mol. The van der Waals surface area contributed by atoms with Crippen LogP contribution in [0.1, 0.15) is 33.3 Å². The normalized spacial score (nSPS) is 20.9. The molecule has 1 aliphatic heterocycles. The lowest BCUT2D eigenvalue weighted by atomic mass is 10.0. The van der Waals surface area contributed by atoms with Gasteiger partial charge in [0.25, 0.3) is 0 Å². The maximum atomic E-state index is 6.62. The molecule has 1 heterocycles. The van der Waals surface area contributed by atoms with E-state index in [9.17, 15) is 0 Å². The van der Waals surface area contributed by atoms with Crippen molar-refractivity contribution in [2.75, 3.05) is 6.61 Å². The summed E-state index contributed by atoms with van der Waals surface area (Å²) >= 11 is 0. The summed E-state index contributed by atoms with van der Waals surface area (Å²) < 4.78 is 19.0. The van der Waals surface area contributed by atoms with Gasteiger partial charge in [0.2, 0.25) is 8.32 Å². The van der Waals surface area contributed by atoms with Crippen molar-refractivity contribution in [1.82, 2.24) is 0 Å². The molecule has 130 valence electrons. The van der Waals surface area contributed by atoms with Crippen LogP contribution in [-0.4, -0.2) is 20.9 Å². The summed E-state index contributed by atoms with van der Waals surface area (Å²) in [5.41, 5.74) is 1.15. The van der Waals surface area contributed by atoms with Gasteiger partial charge in [0.15, 0.2) is 0 Å². The summed E-state index contributed by atoms with van der Waals surface area (Å²) in [4.78, 5) is 0. The average Bonchev–Trinajstić information content (AvgIpc) is 2.84. The maximum Gasteiger partial charge on any atom is 0.321 e. The highest BCUT2D eigenvalue weighted by atomic mass is 28.4. The Hall–Kier alpha value is -1.36. The number of hydrogen-bond donors (Lipinski definition) is 0. The fourth-order valence-electron chi connectivity index (χ4n) is 2.90. The molecule has 0 saturated carbocycles. The van der Waals surface area contributed by atoms with Gasteiger partial charge in [-0.3, -0.25) is 0 Å². The van der Waals surface area contributed by atoms with Crippen LogP contribution in [0.3, 0.4) is 0 Å². The zero-order chi connectivity index (χ0) is 17.6. The first-order valence-electron chi connectivity index (χ1n) is 8.71. The highest BCUT2D eigenvalue weighted by molar-refractivity contribution is 6.74. The first-order chi connectivity index (χ1) is 11.2. The van der Waals surface area contributed by atoms with Crippen LogP contribution in [0.4, 0.5) is 0 Å². The van der Waals surface area contributed by atoms with Crippen LogP contribution in [0.25, 0.3) is 10.8 Å². The van der Waals surface area contributed by atoms with Gasteiger partial charge in [0.05, 0.1) is 13.0 Å². The van der Waals surface area contributed by atoms with Crippen LogP contribution in [0.5, 0.6) is 5.75 Å². The number of fused-ring (bicyclic) bond motifs is 3. The Balaban J connectivity index is 2.00. The van der Waals surface area contributed by atoms with Gasteiger partial charge in [0.1, 0.15) is 5.75 Å². The van der Waals surface area contributed by atoms with Gasteiger partial charge in [-0.2, -0.15) is 0 Å². The molecule has 0 bridgehead atoms. The molecule has 0 spiro atoms. The van der Waals surface area contributed by atoms with Crippen molar-refractivity contribution in [1.29, 1.82) is 0 Å². The smallest absolute Gasteiger partial charge is 0.321 e. The van der Waals surface area contributed by atoms with E-state index in [1.165, 1.54) is 5.39 Å². The van der Waals surface area contributed by atoms with Gasteiger partial charge in [-0.15, -0.1) is 0 Å².